The summed E-state index contributed by atoms with van der Waals surface area (Å²) >= 11 is 0. The van der Waals surface area contributed by atoms with Crippen LogP contribution in [0.5, 0.6) is 0 Å². The minimum absolute atomic E-state index is 0.178. The lowest BCUT2D eigenvalue weighted by atomic mass is 9.98. The highest BCUT2D eigenvalue weighted by Gasteiger charge is 2.21. The normalized spacial score (nSPS) is 20.7. The van der Waals surface area contributed by atoms with Gasteiger partial charge < -0.3 is 10.6 Å². The molecular formula is C15H31N3O. The smallest absolute Gasteiger partial charge is 0.234 e. The second-order valence-corrected chi connectivity index (χ2v) is 6.15. The van der Waals surface area contributed by atoms with E-state index in [4.69, 9.17) is 0 Å². The van der Waals surface area contributed by atoms with Gasteiger partial charge in [-0.2, -0.15) is 0 Å². The van der Waals surface area contributed by atoms with Crippen LogP contribution in [0.1, 0.15) is 40.0 Å². The van der Waals surface area contributed by atoms with E-state index in [0.717, 1.165) is 39.1 Å². The van der Waals surface area contributed by atoms with E-state index in [1.165, 1.54) is 12.8 Å². The number of piperidine rings is 1. The molecule has 0 radical (unpaired) electrons. The van der Waals surface area contributed by atoms with Crippen molar-refractivity contribution in [2.75, 3.05) is 39.3 Å². The Morgan fingerprint density at radius 1 is 1.42 bits per heavy atom. The molecule has 1 unspecified atom stereocenters. The highest BCUT2D eigenvalue weighted by Crippen LogP contribution is 2.15. The van der Waals surface area contributed by atoms with E-state index in [1.807, 2.05) is 0 Å². The molecular weight excluding hydrogens is 238 g/mol. The van der Waals surface area contributed by atoms with E-state index in [-0.39, 0.29) is 5.91 Å². The van der Waals surface area contributed by atoms with Crippen LogP contribution in [0.4, 0.5) is 0 Å². The summed E-state index contributed by atoms with van der Waals surface area (Å²) in [4.78, 5) is 14.0. The van der Waals surface area contributed by atoms with E-state index in [2.05, 4.69) is 36.3 Å². The monoisotopic (exact) mass is 269 g/mol. The Kier molecular flexibility index (Phi) is 8.07. The summed E-state index contributed by atoms with van der Waals surface area (Å²) in [6, 6.07) is 0. The number of hydrogen-bond acceptors (Lipinski definition) is 3. The predicted octanol–water partition coefficient (Wildman–Crippen LogP) is 1.47. The Labute approximate surface area is 118 Å². The first-order chi connectivity index (χ1) is 9.11. The van der Waals surface area contributed by atoms with Gasteiger partial charge in [-0.05, 0) is 50.7 Å². The molecule has 0 saturated carbocycles. The zero-order valence-corrected chi connectivity index (χ0v) is 12.9. The number of hydrogen-bond donors (Lipinski definition) is 2. The molecule has 0 aromatic heterocycles. The first-order valence-electron chi connectivity index (χ1n) is 7.81. The molecule has 1 heterocycles. The van der Waals surface area contributed by atoms with E-state index in [1.54, 1.807) is 0 Å². The Morgan fingerprint density at radius 2 is 2.21 bits per heavy atom. The Morgan fingerprint density at radius 3 is 2.89 bits per heavy atom. The first-order valence-corrected chi connectivity index (χ1v) is 7.81. The number of nitrogens with one attached hydrogen (secondary N) is 2. The van der Waals surface area contributed by atoms with Crippen LogP contribution in [0.25, 0.3) is 0 Å². The molecule has 0 bridgehead atoms. The molecule has 4 nitrogen and oxygen atoms in total. The number of amides is 1. The van der Waals surface area contributed by atoms with Gasteiger partial charge in [-0.3, -0.25) is 9.69 Å². The van der Waals surface area contributed by atoms with Gasteiger partial charge in [0.2, 0.25) is 5.91 Å². The maximum Gasteiger partial charge on any atom is 0.234 e. The van der Waals surface area contributed by atoms with Crippen LogP contribution in [-0.2, 0) is 4.79 Å². The maximum atomic E-state index is 11.7. The van der Waals surface area contributed by atoms with Crippen molar-refractivity contribution in [2.45, 2.75) is 40.0 Å². The molecule has 0 aliphatic carbocycles. The van der Waals surface area contributed by atoms with Crippen molar-refractivity contribution < 1.29 is 4.79 Å². The zero-order chi connectivity index (χ0) is 14.1. The van der Waals surface area contributed by atoms with Gasteiger partial charge in [0.25, 0.3) is 0 Å². The van der Waals surface area contributed by atoms with E-state index >= 15 is 0 Å². The molecule has 0 aromatic rings. The molecule has 1 aliphatic rings. The van der Waals surface area contributed by atoms with Gasteiger partial charge in [-0.25, -0.2) is 0 Å². The summed E-state index contributed by atoms with van der Waals surface area (Å²) in [5.41, 5.74) is 0. The van der Waals surface area contributed by atoms with Crippen LogP contribution in [0.2, 0.25) is 0 Å². The topological polar surface area (TPSA) is 44.4 Å². The minimum atomic E-state index is 0.178. The van der Waals surface area contributed by atoms with Crippen LogP contribution in [-0.4, -0.2) is 50.1 Å². The van der Waals surface area contributed by atoms with Crippen LogP contribution < -0.4 is 10.6 Å². The van der Waals surface area contributed by atoms with Crippen molar-refractivity contribution in [3.05, 3.63) is 0 Å². The average Bonchev–Trinajstić information content (AvgIpc) is 2.36. The molecule has 1 fully saturated rings. The Balaban J connectivity index is 2.20. The second-order valence-electron chi connectivity index (χ2n) is 6.15. The van der Waals surface area contributed by atoms with E-state index in [9.17, 15) is 4.79 Å². The van der Waals surface area contributed by atoms with Crippen LogP contribution in [0.15, 0.2) is 0 Å². The van der Waals surface area contributed by atoms with Crippen molar-refractivity contribution >= 4 is 5.91 Å². The fourth-order valence-electron chi connectivity index (χ4n) is 2.56. The molecule has 1 atom stereocenters. The third-order valence-corrected chi connectivity index (χ3v) is 3.53. The molecule has 4 heteroatoms. The zero-order valence-electron chi connectivity index (χ0n) is 12.9. The first kappa shape index (κ1) is 16.4. The number of carbonyl (C=O) groups excluding carboxylic acids is 1. The summed E-state index contributed by atoms with van der Waals surface area (Å²) in [7, 11) is 0. The Hall–Kier alpha value is -0.610. The standard InChI is InChI=1S/C15H31N3O/c1-4-7-17-15(19)12-18-8-5-6-14(11-18)10-16-9-13(2)3/h13-14,16H,4-12H2,1-3H3,(H,17,19). The third kappa shape index (κ3) is 7.53. The Bertz CT molecular complexity index is 256. The highest BCUT2D eigenvalue weighted by atomic mass is 16.2. The lowest BCUT2D eigenvalue weighted by molar-refractivity contribution is -0.122. The highest BCUT2D eigenvalue weighted by molar-refractivity contribution is 5.77. The number of rotatable bonds is 8. The molecule has 0 aromatic carbocycles. The summed E-state index contributed by atoms with van der Waals surface area (Å²) in [5, 5.41) is 6.49. The number of likely N-dealkylation sites (tertiary alicyclic amines) is 1. The lowest BCUT2D eigenvalue weighted by Gasteiger charge is -2.32. The van der Waals surface area contributed by atoms with Gasteiger partial charge in [-0.1, -0.05) is 20.8 Å². The quantitative estimate of drug-likeness (QED) is 0.701. The van der Waals surface area contributed by atoms with Gasteiger partial charge >= 0.3 is 0 Å². The summed E-state index contributed by atoms with van der Waals surface area (Å²) in [6.07, 6.45) is 3.51. The van der Waals surface area contributed by atoms with Crippen molar-refractivity contribution in [2.24, 2.45) is 11.8 Å². The largest absolute Gasteiger partial charge is 0.355 e. The van der Waals surface area contributed by atoms with Crippen molar-refractivity contribution in [1.29, 1.82) is 0 Å². The summed E-state index contributed by atoms with van der Waals surface area (Å²) < 4.78 is 0. The van der Waals surface area contributed by atoms with Gasteiger partial charge in [0.1, 0.15) is 0 Å². The molecule has 0 spiro atoms. The summed E-state index contributed by atoms with van der Waals surface area (Å²) in [5.74, 6) is 1.59. The molecule has 19 heavy (non-hydrogen) atoms. The molecule has 112 valence electrons. The lowest BCUT2D eigenvalue weighted by Crippen LogP contribution is -2.44. The van der Waals surface area contributed by atoms with E-state index < -0.39 is 0 Å². The molecule has 1 rings (SSSR count). The summed E-state index contributed by atoms with van der Waals surface area (Å²) in [6.45, 7) is 12.2. The van der Waals surface area contributed by atoms with Crippen LogP contribution in [0, 0.1) is 11.8 Å². The van der Waals surface area contributed by atoms with Gasteiger partial charge in [-0.15, -0.1) is 0 Å². The van der Waals surface area contributed by atoms with Crippen molar-refractivity contribution in [3.63, 3.8) is 0 Å². The predicted molar refractivity (Wildman–Crippen MR) is 80.2 cm³/mol. The third-order valence-electron chi connectivity index (χ3n) is 3.53. The SMILES string of the molecule is CCCNC(=O)CN1CCCC(CNCC(C)C)C1. The van der Waals surface area contributed by atoms with Crippen LogP contribution in [0.3, 0.4) is 0 Å². The second kappa shape index (κ2) is 9.32. The molecule has 1 aliphatic heterocycles. The number of carbonyl (C=O) groups is 1. The molecule has 1 amide bonds. The van der Waals surface area contributed by atoms with Gasteiger partial charge in [0.05, 0.1) is 6.54 Å². The van der Waals surface area contributed by atoms with Crippen LogP contribution >= 0.6 is 0 Å². The fraction of sp³-hybridized carbons (Fsp3) is 0.933. The fourth-order valence-corrected chi connectivity index (χ4v) is 2.56. The average molecular weight is 269 g/mol. The van der Waals surface area contributed by atoms with Crippen molar-refractivity contribution in [3.8, 4) is 0 Å². The maximum absolute atomic E-state index is 11.7. The van der Waals surface area contributed by atoms with Gasteiger partial charge in [0, 0.05) is 13.1 Å². The number of nitrogens with zero attached hydrogens (tertiary/aromatic N) is 1. The van der Waals surface area contributed by atoms with E-state index in [0.29, 0.717) is 18.4 Å². The minimum Gasteiger partial charge on any atom is -0.355 e. The van der Waals surface area contributed by atoms with Crippen molar-refractivity contribution in [1.82, 2.24) is 15.5 Å². The molecule has 1 saturated heterocycles. The molecule has 2 N–H and O–H groups in total. The van der Waals surface area contributed by atoms with Gasteiger partial charge in [0.15, 0.2) is 0 Å².